The number of carbonyl (C=O) groups is 2. The van der Waals surface area contributed by atoms with E-state index in [-0.39, 0.29) is 23.9 Å². The number of nitrogens with zero attached hydrogens (tertiary/aromatic N) is 2. The van der Waals surface area contributed by atoms with Gasteiger partial charge in [0.05, 0.1) is 32.2 Å². The van der Waals surface area contributed by atoms with Crippen LogP contribution in [0.4, 0.5) is 0 Å². The van der Waals surface area contributed by atoms with Crippen molar-refractivity contribution < 1.29 is 9.59 Å². The predicted octanol–water partition coefficient (Wildman–Crippen LogP) is 4.91. The minimum Gasteiger partial charge on any atom is -0.335 e. The lowest BCUT2D eigenvalue weighted by Gasteiger charge is -2.48. The lowest BCUT2D eigenvalue weighted by atomic mass is 9.93. The molecule has 1 aliphatic heterocycles. The molecular weight excluding hydrogens is 642 g/mol. The van der Waals surface area contributed by atoms with Gasteiger partial charge in [-0.15, -0.1) is 0 Å². The fourth-order valence-corrected chi connectivity index (χ4v) is 6.42. The van der Waals surface area contributed by atoms with Gasteiger partial charge >= 0.3 is 0 Å². The van der Waals surface area contributed by atoms with E-state index in [0.29, 0.717) is 58.5 Å². The molecule has 244 valence electrons. The summed E-state index contributed by atoms with van der Waals surface area (Å²) in [5, 5.41) is 5.06. The SMILES string of the molecule is CC(C)C[C@@H]1CN(C(=O)[C@@H](N)Cc2ccc(Cl)c(Cl)c2)[C@@H](CCCCNCCN)CN1C(=O)[C@H](N)Cc1ccc(Cl)c(Cl)c1. The zero-order chi connectivity index (χ0) is 32.4. The van der Waals surface area contributed by atoms with Crippen LogP contribution in [0.2, 0.25) is 20.1 Å². The third kappa shape index (κ3) is 10.7. The van der Waals surface area contributed by atoms with Crippen molar-refractivity contribution in [2.24, 2.45) is 23.1 Å². The molecule has 1 heterocycles. The average molecular weight is 689 g/mol. The maximum atomic E-state index is 13.9. The second kappa shape index (κ2) is 17.9. The van der Waals surface area contributed by atoms with Crippen molar-refractivity contribution in [3.63, 3.8) is 0 Å². The lowest BCUT2D eigenvalue weighted by molar-refractivity contribution is -0.149. The zero-order valence-electron chi connectivity index (χ0n) is 25.6. The van der Waals surface area contributed by atoms with Crippen LogP contribution in [0.5, 0.6) is 0 Å². The molecule has 2 aromatic rings. The number of amides is 2. The molecule has 2 amide bonds. The van der Waals surface area contributed by atoms with Crippen LogP contribution in [0.3, 0.4) is 0 Å². The molecule has 8 nitrogen and oxygen atoms in total. The number of nitrogens with one attached hydrogen (secondary N) is 1. The van der Waals surface area contributed by atoms with E-state index in [9.17, 15) is 9.59 Å². The first-order valence-corrected chi connectivity index (χ1v) is 16.8. The standard InChI is InChI=1S/C32H46Cl4N6O2/c1-20(2)13-24-19-41(31(43)29(38)16-21-6-8-25(33)27(35)14-21)23(5-3-4-11-40-12-10-37)18-42(24)32(44)30(39)17-22-7-9-26(34)28(36)15-22/h6-9,14-15,20,23-24,29-30,40H,3-5,10-13,16-19,37-39H2,1-2H3/t23-,24+,29-,30+/m0/s1. The number of hydrogen-bond donors (Lipinski definition) is 4. The van der Waals surface area contributed by atoms with E-state index in [1.54, 1.807) is 24.3 Å². The Bertz CT molecular complexity index is 1250. The first-order chi connectivity index (χ1) is 20.9. The Morgan fingerprint density at radius 3 is 1.77 bits per heavy atom. The largest absolute Gasteiger partial charge is 0.335 e. The third-order valence-electron chi connectivity index (χ3n) is 7.98. The van der Waals surface area contributed by atoms with Gasteiger partial charge in [-0.25, -0.2) is 0 Å². The van der Waals surface area contributed by atoms with Crippen molar-refractivity contribution in [2.45, 2.75) is 76.5 Å². The number of halogens is 4. The fraction of sp³-hybridized carbons (Fsp3) is 0.562. The third-order valence-corrected chi connectivity index (χ3v) is 9.46. The van der Waals surface area contributed by atoms with E-state index < -0.39 is 12.1 Å². The molecule has 0 aliphatic carbocycles. The van der Waals surface area contributed by atoms with Gasteiger partial charge in [-0.3, -0.25) is 9.59 Å². The Labute approximate surface area is 281 Å². The van der Waals surface area contributed by atoms with Gasteiger partial charge in [0.2, 0.25) is 11.8 Å². The average Bonchev–Trinajstić information content (AvgIpc) is 2.98. The molecule has 1 aliphatic rings. The van der Waals surface area contributed by atoms with E-state index in [1.165, 1.54) is 0 Å². The summed E-state index contributed by atoms with van der Waals surface area (Å²) in [6.45, 7) is 7.19. The summed E-state index contributed by atoms with van der Waals surface area (Å²) in [6, 6.07) is 8.67. The van der Waals surface area contributed by atoms with Crippen molar-refractivity contribution in [3.8, 4) is 0 Å². The van der Waals surface area contributed by atoms with Gasteiger partial charge in [-0.1, -0.05) is 78.8 Å². The van der Waals surface area contributed by atoms with Crippen LogP contribution in [0.15, 0.2) is 36.4 Å². The summed E-state index contributed by atoms with van der Waals surface area (Å²) in [5.74, 6) is 0.0282. The molecule has 12 heteroatoms. The smallest absolute Gasteiger partial charge is 0.240 e. The normalized spacial score (nSPS) is 18.5. The molecule has 1 saturated heterocycles. The molecule has 0 unspecified atom stereocenters. The number of rotatable bonds is 15. The van der Waals surface area contributed by atoms with E-state index >= 15 is 0 Å². The summed E-state index contributed by atoms with van der Waals surface area (Å²) in [4.78, 5) is 31.7. The Morgan fingerprint density at radius 1 is 0.795 bits per heavy atom. The van der Waals surface area contributed by atoms with Crippen LogP contribution >= 0.6 is 46.4 Å². The number of unbranched alkanes of at least 4 members (excludes halogenated alkanes) is 1. The van der Waals surface area contributed by atoms with Crippen molar-refractivity contribution in [1.29, 1.82) is 0 Å². The summed E-state index contributed by atoms with van der Waals surface area (Å²) in [6.07, 6.45) is 3.92. The first kappa shape index (κ1) is 36.8. The van der Waals surface area contributed by atoms with Gasteiger partial charge in [-0.05, 0) is 80.0 Å². The highest BCUT2D eigenvalue weighted by Crippen LogP contribution is 2.28. The van der Waals surface area contributed by atoms with Gasteiger partial charge in [-0.2, -0.15) is 0 Å². The Hall–Kier alpha value is -1.62. The van der Waals surface area contributed by atoms with Crippen molar-refractivity contribution in [1.82, 2.24) is 15.1 Å². The first-order valence-electron chi connectivity index (χ1n) is 15.3. The molecular formula is C32H46Cl4N6O2. The molecule has 0 bridgehead atoms. The lowest BCUT2D eigenvalue weighted by Crippen LogP contribution is -2.65. The van der Waals surface area contributed by atoms with E-state index in [2.05, 4.69) is 19.2 Å². The van der Waals surface area contributed by atoms with Gasteiger partial charge in [0.1, 0.15) is 0 Å². The van der Waals surface area contributed by atoms with Crippen LogP contribution in [0, 0.1) is 5.92 Å². The van der Waals surface area contributed by atoms with Crippen molar-refractivity contribution >= 4 is 58.2 Å². The van der Waals surface area contributed by atoms with E-state index in [4.69, 9.17) is 63.6 Å². The van der Waals surface area contributed by atoms with Gasteiger partial charge < -0.3 is 32.3 Å². The predicted molar refractivity (Wildman–Crippen MR) is 183 cm³/mol. The monoisotopic (exact) mass is 686 g/mol. The maximum Gasteiger partial charge on any atom is 0.240 e. The second-order valence-corrected chi connectivity index (χ2v) is 13.7. The number of nitrogens with two attached hydrogens (primary N) is 3. The zero-order valence-corrected chi connectivity index (χ0v) is 28.6. The van der Waals surface area contributed by atoms with Crippen molar-refractivity contribution in [2.75, 3.05) is 32.7 Å². The van der Waals surface area contributed by atoms with E-state index in [0.717, 1.165) is 49.9 Å². The molecule has 0 radical (unpaired) electrons. The fourth-order valence-electron chi connectivity index (χ4n) is 5.78. The van der Waals surface area contributed by atoms with Crippen LogP contribution in [-0.2, 0) is 22.4 Å². The van der Waals surface area contributed by atoms with Gasteiger partial charge in [0.15, 0.2) is 0 Å². The Kier molecular flexibility index (Phi) is 15.0. The topological polar surface area (TPSA) is 131 Å². The van der Waals surface area contributed by atoms with Crippen LogP contribution in [0.1, 0.15) is 50.7 Å². The Balaban J connectivity index is 1.81. The maximum absolute atomic E-state index is 13.9. The molecule has 4 atom stereocenters. The number of hydrogen-bond acceptors (Lipinski definition) is 6. The highest BCUT2D eigenvalue weighted by molar-refractivity contribution is 6.42. The van der Waals surface area contributed by atoms with E-state index in [1.807, 2.05) is 21.9 Å². The molecule has 0 saturated carbocycles. The minimum absolute atomic E-state index is 0.136. The highest BCUT2D eigenvalue weighted by Gasteiger charge is 2.40. The molecule has 7 N–H and O–H groups in total. The molecule has 3 rings (SSSR count). The molecule has 1 fully saturated rings. The minimum atomic E-state index is -0.764. The van der Waals surface area contributed by atoms with Crippen LogP contribution in [0.25, 0.3) is 0 Å². The highest BCUT2D eigenvalue weighted by atomic mass is 35.5. The molecule has 2 aromatic carbocycles. The summed E-state index contributed by atoms with van der Waals surface area (Å²) >= 11 is 24.6. The van der Waals surface area contributed by atoms with Gasteiger partial charge in [0.25, 0.3) is 0 Å². The summed E-state index contributed by atoms with van der Waals surface area (Å²) in [5.41, 5.74) is 20.3. The van der Waals surface area contributed by atoms with Crippen LogP contribution < -0.4 is 22.5 Å². The Morgan fingerprint density at radius 2 is 1.30 bits per heavy atom. The number of carbonyl (C=O) groups excluding carboxylic acids is 2. The molecule has 0 aromatic heterocycles. The van der Waals surface area contributed by atoms with Gasteiger partial charge in [0, 0.05) is 38.3 Å². The number of benzene rings is 2. The van der Waals surface area contributed by atoms with Crippen molar-refractivity contribution in [3.05, 3.63) is 67.6 Å². The summed E-state index contributed by atoms with van der Waals surface area (Å²) < 4.78 is 0. The quantitative estimate of drug-likeness (QED) is 0.197. The second-order valence-electron chi connectivity index (χ2n) is 12.1. The molecule has 0 spiro atoms. The summed E-state index contributed by atoms with van der Waals surface area (Å²) in [7, 11) is 0. The molecule has 44 heavy (non-hydrogen) atoms. The van der Waals surface area contributed by atoms with Crippen LogP contribution in [-0.4, -0.2) is 78.5 Å². The number of piperazine rings is 1.